The lowest BCUT2D eigenvalue weighted by Gasteiger charge is -2.59. The minimum atomic E-state index is -1.58. The Labute approximate surface area is 407 Å². The molecule has 0 saturated heterocycles. The fraction of sp³-hybridized carbons (Fsp3) is 0.407. The molecule has 6 atom stereocenters. The predicted molar refractivity (Wildman–Crippen MR) is 264 cm³/mol. The molecule has 7 rings (SSSR count). The van der Waals surface area contributed by atoms with Gasteiger partial charge in [-0.1, -0.05) is 66.6 Å². The van der Waals surface area contributed by atoms with Crippen LogP contribution in [0.3, 0.4) is 0 Å². The standard InChI is InChI=1S/C54H62FN3O10S/c1-3-5-30-65-53(61)57(36-38-17-21-41(55)22-18-38)50-35-48(56-67-37-39-19-23-42(24-20-39)58(62)63)46-33-40(13-9-11-27-59)45(16-10-12-28-60)51-47-34-43(64-31-32-69-44-14-7-6-8-15-44)25-26-49(47)68-54(50,52(46)51)66-29-4-2/h3-4,6-8,14-15,17-26,33-34,40,45,50-52,59-60H,1-2,5,9-13,16,27-32,35-37H2/t40-,45+,50-,51+,52+,54+/m0/s1. The molecule has 0 aromatic heterocycles. The number of ether oxygens (including phenoxy) is 4. The van der Waals surface area contributed by atoms with E-state index in [0.717, 1.165) is 47.5 Å². The third-order valence-corrected chi connectivity index (χ3v) is 14.0. The fourth-order valence-electron chi connectivity index (χ4n) is 9.87. The van der Waals surface area contributed by atoms with Crippen molar-refractivity contribution in [3.63, 3.8) is 0 Å². The zero-order valence-electron chi connectivity index (χ0n) is 38.9. The number of halogens is 1. The van der Waals surface area contributed by atoms with Crippen molar-refractivity contribution in [3.8, 4) is 11.5 Å². The van der Waals surface area contributed by atoms with Crippen LogP contribution in [0.1, 0.15) is 74.0 Å². The summed E-state index contributed by atoms with van der Waals surface area (Å²) in [6.45, 7) is 8.49. The number of nitro benzene ring substituents is 1. The monoisotopic (exact) mass is 963 g/mol. The number of oxime groups is 1. The lowest BCUT2D eigenvalue weighted by atomic mass is 9.55. The van der Waals surface area contributed by atoms with Crippen molar-refractivity contribution in [3.05, 3.63) is 167 Å². The van der Waals surface area contributed by atoms with Crippen LogP contribution in [-0.2, 0) is 27.5 Å². The maximum Gasteiger partial charge on any atom is 0.410 e. The van der Waals surface area contributed by atoms with Crippen LogP contribution in [0.4, 0.5) is 14.9 Å². The molecule has 13 nitrogen and oxygen atoms in total. The molecule has 1 saturated carbocycles. The number of non-ortho nitro benzene ring substituents is 1. The minimum Gasteiger partial charge on any atom is -0.493 e. The molecule has 4 aromatic carbocycles. The summed E-state index contributed by atoms with van der Waals surface area (Å²) in [5.74, 6) is -1.02. The van der Waals surface area contributed by atoms with Gasteiger partial charge in [0.2, 0.25) is 5.79 Å². The molecule has 0 bridgehead atoms. The van der Waals surface area contributed by atoms with Gasteiger partial charge < -0.3 is 34.0 Å². The van der Waals surface area contributed by atoms with Crippen LogP contribution < -0.4 is 9.47 Å². The smallest absolute Gasteiger partial charge is 0.410 e. The topological polar surface area (TPSA) is 162 Å². The summed E-state index contributed by atoms with van der Waals surface area (Å²) in [5, 5.41) is 36.3. The second-order valence-electron chi connectivity index (χ2n) is 17.4. The number of allylic oxidation sites excluding steroid dienone is 1. The molecule has 4 aromatic rings. The number of thioether (sulfide) groups is 1. The average molecular weight is 964 g/mol. The molecule has 2 aliphatic carbocycles. The third kappa shape index (κ3) is 12.6. The van der Waals surface area contributed by atoms with Crippen molar-refractivity contribution in [2.45, 2.75) is 87.2 Å². The number of fused-ring (bicyclic) bond motifs is 2. The Morgan fingerprint density at radius 2 is 1.68 bits per heavy atom. The molecule has 1 heterocycles. The number of hydrogen-bond acceptors (Lipinski definition) is 12. The van der Waals surface area contributed by atoms with E-state index in [0.29, 0.717) is 54.2 Å². The SMILES string of the molecule is C=CCCOC(=O)N(Cc1ccc(F)cc1)[C@H]1CC(=NOCc2ccc([N+](=O)[O-])cc2)C2=C[C@H](CCCCO)[C@@H](CCCCO)[C@@H]3c4cc(OCCSc5ccccc5)ccc4O[C@@]1(OCC=C)[C@H]23. The van der Waals surface area contributed by atoms with Crippen LogP contribution in [0.15, 0.2) is 144 Å². The van der Waals surface area contributed by atoms with Gasteiger partial charge in [0.05, 0.1) is 36.4 Å². The number of aliphatic hydroxyl groups is 2. The van der Waals surface area contributed by atoms with E-state index in [2.05, 4.69) is 37.4 Å². The van der Waals surface area contributed by atoms with Gasteiger partial charge in [0.15, 0.2) is 0 Å². The quantitative estimate of drug-likeness (QED) is 0.0202. The molecule has 2 N–H and O–H groups in total. The van der Waals surface area contributed by atoms with E-state index in [1.807, 2.05) is 30.3 Å². The highest BCUT2D eigenvalue weighted by Crippen LogP contribution is 2.62. The molecular formula is C54H62FN3O10S. The summed E-state index contributed by atoms with van der Waals surface area (Å²) in [5.41, 5.74) is 3.54. The van der Waals surface area contributed by atoms with E-state index in [1.54, 1.807) is 53.1 Å². The van der Waals surface area contributed by atoms with Gasteiger partial charge in [-0.3, -0.25) is 15.0 Å². The summed E-state index contributed by atoms with van der Waals surface area (Å²) in [4.78, 5) is 34.6. The molecule has 0 radical (unpaired) electrons. The first kappa shape index (κ1) is 50.9. The summed E-state index contributed by atoms with van der Waals surface area (Å²) in [6, 6.07) is 27.1. The van der Waals surface area contributed by atoms with Crippen molar-refractivity contribution in [1.82, 2.24) is 4.90 Å². The lowest BCUT2D eigenvalue weighted by Crippen LogP contribution is -2.70. The minimum absolute atomic E-state index is 0.000829. The number of amides is 1. The molecule has 1 aliphatic heterocycles. The second-order valence-corrected chi connectivity index (χ2v) is 18.6. The normalized spacial score (nSPS) is 21.8. The summed E-state index contributed by atoms with van der Waals surface area (Å²) >= 11 is 1.71. The maximum absolute atomic E-state index is 14.7. The molecular weight excluding hydrogens is 902 g/mol. The van der Waals surface area contributed by atoms with E-state index in [-0.39, 0.29) is 69.4 Å². The molecule has 3 aliphatic rings. The highest BCUT2D eigenvalue weighted by molar-refractivity contribution is 7.99. The molecule has 0 spiro atoms. The number of nitrogens with zero attached hydrogens (tertiary/aromatic N) is 3. The number of hydrogen-bond donors (Lipinski definition) is 2. The van der Waals surface area contributed by atoms with Crippen molar-refractivity contribution >= 4 is 29.3 Å². The number of carbonyl (C=O) groups is 1. The number of unbranched alkanes of at least 4 members (excludes halogenated alkanes) is 2. The van der Waals surface area contributed by atoms with Gasteiger partial charge in [-0.2, -0.15) is 0 Å². The zero-order chi connectivity index (χ0) is 48.6. The number of nitro groups is 1. The number of carbonyl (C=O) groups excluding carboxylic acids is 1. The van der Waals surface area contributed by atoms with Crippen LogP contribution >= 0.6 is 11.8 Å². The van der Waals surface area contributed by atoms with Gasteiger partial charge in [0.1, 0.15) is 30.0 Å². The van der Waals surface area contributed by atoms with E-state index in [9.17, 15) is 29.5 Å². The molecule has 69 heavy (non-hydrogen) atoms. The molecule has 0 unspecified atom stereocenters. The molecule has 1 fully saturated rings. The van der Waals surface area contributed by atoms with Gasteiger partial charge in [0.25, 0.3) is 5.69 Å². The first-order chi connectivity index (χ1) is 33.7. The van der Waals surface area contributed by atoms with E-state index < -0.39 is 34.6 Å². The van der Waals surface area contributed by atoms with Crippen molar-refractivity contribution in [1.29, 1.82) is 0 Å². The van der Waals surface area contributed by atoms with Gasteiger partial charge in [0, 0.05) is 60.4 Å². The highest BCUT2D eigenvalue weighted by Gasteiger charge is 2.65. The summed E-state index contributed by atoms with van der Waals surface area (Å²) in [6.07, 6.45) is 9.63. The Morgan fingerprint density at radius 3 is 2.39 bits per heavy atom. The Bertz CT molecular complexity index is 2400. The Hall–Kier alpha value is -6.00. The zero-order valence-corrected chi connectivity index (χ0v) is 39.7. The van der Waals surface area contributed by atoms with Crippen LogP contribution in [0, 0.1) is 33.7 Å². The number of benzene rings is 4. The van der Waals surface area contributed by atoms with Crippen LogP contribution in [0.2, 0.25) is 0 Å². The number of aliphatic hydroxyl groups excluding tert-OH is 2. The largest absolute Gasteiger partial charge is 0.493 e. The Kier molecular flexibility index (Phi) is 18.5. The molecule has 1 amide bonds. The van der Waals surface area contributed by atoms with Crippen LogP contribution in [-0.4, -0.2) is 82.5 Å². The fourth-order valence-corrected chi connectivity index (χ4v) is 10.6. The van der Waals surface area contributed by atoms with Crippen molar-refractivity contribution in [2.75, 3.05) is 38.8 Å². The van der Waals surface area contributed by atoms with Gasteiger partial charge in [-0.25, -0.2) is 9.18 Å². The third-order valence-electron chi connectivity index (χ3n) is 13.0. The van der Waals surface area contributed by atoms with Gasteiger partial charge in [-0.15, -0.1) is 24.9 Å². The maximum atomic E-state index is 14.7. The van der Waals surface area contributed by atoms with E-state index >= 15 is 0 Å². The van der Waals surface area contributed by atoms with Gasteiger partial charge in [-0.05, 0) is 115 Å². The molecule has 15 heteroatoms. The first-order valence-corrected chi connectivity index (χ1v) is 24.7. The van der Waals surface area contributed by atoms with Gasteiger partial charge >= 0.3 is 6.09 Å². The second kappa shape index (κ2) is 25.0. The van der Waals surface area contributed by atoms with Crippen molar-refractivity contribution < 1.29 is 48.1 Å². The van der Waals surface area contributed by atoms with Crippen LogP contribution in [0.25, 0.3) is 0 Å². The Morgan fingerprint density at radius 1 is 0.942 bits per heavy atom. The average Bonchev–Trinajstić information content (AvgIpc) is 3.36. The predicted octanol–water partition coefficient (Wildman–Crippen LogP) is 11.0. The Balaban J connectivity index is 1.39. The van der Waals surface area contributed by atoms with E-state index in [1.165, 1.54) is 24.3 Å². The lowest BCUT2D eigenvalue weighted by molar-refractivity contribution is -0.384. The van der Waals surface area contributed by atoms with Crippen LogP contribution in [0.5, 0.6) is 11.5 Å². The summed E-state index contributed by atoms with van der Waals surface area (Å²) < 4.78 is 41.3. The number of rotatable bonds is 26. The first-order valence-electron chi connectivity index (χ1n) is 23.7. The molecule has 366 valence electrons. The highest BCUT2D eigenvalue weighted by atomic mass is 32.2. The van der Waals surface area contributed by atoms with E-state index in [4.69, 9.17) is 28.9 Å². The van der Waals surface area contributed by atoms with Crippen molar-refractivity contribution in [2.24, 2.45) is 22.9 Å². The summed E-state index contributed by atoms with van der Waals surface area (Å²) in [7, 11) is 0.